The van der Waals surface area contributed by atoms with E-state index in [1.807, 2.05) is 35.6 Å². The number of hydrogen-bond acceptors (Lipinski definition) is 6. The number of carbonyl (C=O) groups excluding carboxylic acids is 1. The molecule has 0 amide bonds. The van der Waals surface area contributed by atoms with Crippen LogP contribution in [0.4, 0.5) is 10.2 Å². The maximum Gasteiger partial charge on any atom is 0.350 e. The number of fused-ring (bicyclic) bond motifs is 1. The summed E-state index contributed by atoms with van der Waals surface area (Å²) < 4.78 is 25.9. The van der Waals surface area contributed by atoms with Gasteiger partial charge in [0.05, 0.1) is 13.7 Å². The Kier molecular flexibility index (Phi) is 5.90. The molecule has 0 saturated carbocycles. The molecule has 0 aliphatic heterocycles. The molecule has 8 heteroatoms. The zero-order chi connectivity index (χ0) is 22.0. The van der Waals surface area contributed by atoms with E-state index in [9.17, 15) is 9.18 Å². The van der Waals surface area contributed by atoms with Gasteiger partial charge in [0, 0.05) is 17.8 Å². The molecule has 2 aromatic carbocycles. The average molecular weight is 440 g/mol. The van der Waals surface area contributed by atoms with Gasteiger partial charge in [-0.05, 0) is 43.7 Å². The van der Waals surface area contributed by atoms with Crippen molar-refractivity contribution in [3.05, 3.63) is 70.5 Å². The van der Waals surface area contributed by atoms with Gasteiger partial charge in [-0.2, -0.15) is 0 Å². The Morgan fingerprint density at radius 2 is 1.94 bits per heavy atom. The van der Waals surface area contributed by atoms with Crippen molar-refractivity contribution in [3.63, 3.8) is 0 Å². The Balaban J connectivity index is 1.83. The second-order valence-electron chi connectivity index (χ2n) is 6.84. The summed E-state index contributed by atoms with van der Waals surface area (Å²) in [5.74, 6) is 0.784. The lowest BCUT2D eigenvalue weighted by molar-refractivity contribution is 0.0531. The van der Waals surface area contributed by atoms with Crippen molar-refractivity contribution in [2.45, 2.75) is 20.4 Å². The first-order valence-electron chi connectivity index (χ1n) is 9.84. The number of aromatic nitrogens is 2. The standard InChI is InChI=1S/C23H22FN3O3S/c1-4-30-22(28)20-14(2)27-21(25-13-15-9-11-16(24)12-10-15)19(26-23(27)31-20)17-7-5-6-8-18(17)29-3/h5-12,25H,4,13H2,1-3H3. The Morgan fingerprint density at radius 1 is 1.19 bits per heavy atom. The van der Waals surface area contributed by atoms with Gasteiger partial charge in [0.2, 0.25) is 0 Å². The molecular weight excluding hydrogens is 417 g/mol. The molecule has 0 fully saturated rings. The van der Waals surface area contributed by atoms with Gasteiger partial charge in [-0.25, -0.2) is 14.2 Å². The number of rotatable bonds is 7. The summed E-state index contributed by atoms with van der Waals surface area (Å²) in [7, 11) is 1.62. The summed E-state index contributed by atoms with van der Waals surface area (Å²) in [6, 6.07) is 14.0. The van der Waals surface area contributed by atoms with Crippen molar-refractivity contribution < 1.29 is 18.7 Å². The van der Waals surface area contributed by atoms with Crippen molar-refractivity contribution in [2.24, 2.45) is 0 Å². The molecule has 0 radical (unpaired) electrons. The van der Waals surface area contributed by atoms with Crippen LogP contribution in [0.1, 0.15) is 27.9 Å². The van der Waals surface area contributed by atoms with Crippen molar-refractivity contribution in [3.8, 4) is 17.0 Å². The maximum absolute atomic E-state index is 13.3. The summed E-state index contributed by atoms with van der Waals surface area (Å²) in [5.41, 5.74) is 3.21. The third-order valence-electron chi connectivity index (χ3n) is 4.90. The van der Waals surface area contributed by atoms with E-state index < -0.39 is 0 Å². The molecule has 1 N–H and O–H groups in total. The van der Waals surface area contributed by atoms with Crippen molar-refractivity contribution in [1.82, 2.24) is 9.38 Å². The molecule has 4 rings (SSSR count). The average Bonchev–Trinajstić information content (AvgIpc) is 3.30. The van der Waals surface area contributed by atoms with Gasteiger partial charge < -0.3 is 14.8 Å². The minimum Gasteiger partial charge on any atom is -0.496 e. The summed E-state index contributed by atoms with van der Waals surface area (Å²) in [6.45, 7) is 4.41. The predicted octanol–water partition coefficient (Wildman–Crippen LogP) is 5.31. The molecular formula is C23H22FN3O3S. The highest BCUT2D eigenvalue weighted by Crippen LogP contribution is 2.38. The van der Waals surface area contributed by atoms with E-state index in [0.29, 0.717) is 34.4 Å². The van der Waals surface area contributed by atoms with Gasteiger partial charge in [0.15, 0.2) is 4.96 Å². The van der Waals surface area contributed by atoms with Crippen LogP contribution in [0.5, 0.6) is 5.75 Å². The number of thiazole rings is 1. The Labute approximate surface area is 183 Å². The number of methoxy groups -OCH3 is 1. The van der Waals surface area contributed by atoms with Crippen molar-refractivity contribution in [2.75, 3.05) is 19.0 Å². The number of halogens is 1. The Morgan fingerprint density at radius 3 is 2.65 bits per heavy atom. The number of ether oxygens (including phenoxy) is 2. The number of benzene rings is 2. The molecule has 4 aromatic rings. The van der Waals surface area contributed by atoms with Gasteiger partial charge >= 0.3 is 5.97 Å². The number of esters is 1. The van der Waals surface area contributed by atoms with Gasteiger partial charge in [0.1, 0.15) is 28.0 Å². The normalized spacial score (nSPS) is 11.0. The first-order valence-corrected chi connectivity index (χ1v) is 10.7. The van der Waals surface area contributed by atoms with E-state index in [4.69, 9.17) is 14.5 Å². The van der Waals surface area contributed by atoms with E-state index in [-0.39, 0.29) is 11.8 Å². The molecule has 2 aromatic heterocycles. The number of nitrogens with one attached hydrogen (secondary N) is 1. The number of para-hydroxylation sites is 1. The van der Waals surface area contributed by atoms with Crippen LogP contribution in [0.15, 0.2) is 48.5 Å². The molecule has 160 valence electrons. The maximum atomic E-state index is 13.3. The van der Waals surface area contributed by atoms with Crippen LogP contribution in [0.25, 0.3) is 16.2 Å². The number of anilines is 1. The number of nitrogens with zero attached hydrogens (tertiary/aromatic N) is 2. The number of aryl methyl sites for hydroxylation is 1. The van der Waals surface area contributed by atoms with Crippen LogP contribution in [0, 0.1) is 12.7 Å². The fourth-order valence-corrected chi connectivity index (χ4v) is 4.43. The van der Waals surface area contributed by atoms with Crippen LogP contribution in [0.3, 0.4) is 0 Å². The monoisotopic (exact) mass is 439 g/mol. The number of hydrogen-bond donors (Lipinski definition) is 1. The molecule has 2 heterocycles. The third-order valence-corrected chi connectivity index (χ3v) is 6.02. The van der Waals surface area contributed by atoms with E-state index in [2.05, 4.69) is 5.32 Å². The summed E-state index contributed by atoms with van der Waals surface area (Å²) in [4.78, 5) is 18.4. The summed E-state index contributed by atoms with van der Waals surface area (Å²) in [5, 5.41) is 3.42. The molecule has 0 aliphatic carbocycles. The SMILES string of the molecule is CCOC(=O)c1sc2nc(-c3ccccc3OC)c(NCc3ccc(F)cc3)n2c1C. The highest BCUT2D eigenvalue weighted by atomic mass is 32.1. The van der Waals surface area contributed by atoms with Gasteiger partial charge in [-0.15, -0.1) is 0 Å². The quantitative estimate of drug-likeness (QED) is 0.396. The molecule has 0 aliphatic rings. The van der Waals surface area contributed by atoms with E-state index in [1.165, 1.54) is 23.5 Å². The fraction of sp³-hybridized carbons (Fsp3) is 0.217. The zero-order valence-electron chi connectivity index (χ0n) is 17.4. The molecule has 0 bridgehead atoms. The molecule has 31 heavy (non-hydrogen) atoms. The second-order valence-corrected chi connectivity index (χ2v) is 7.82. The Hall–Kier alpha value is -3.39. The number of carbonyl (C=O) groups is 1. The molecule has 0 spiro atoms. The van der Waals surface area contributed by atoms with E-state index in [1.54, 1.807) is 26.2 Å². The lowest BCUT2D eigenvalue weighted by atomic mass is 10.1. The van der Waals surface area contributed by atoms with Crippen LogP contribution in [-0.4, -0.2) is 29.1 Å². The predicted molar refractivity (Wildman–Crippen MR) is 119 cm³/mol. The van der Waals surface area contributed by atoms with Crippen LogP contribution in [-0.2, 0) is 11.3 Å². The minimum absolute atomic E-state index is 0.280. The smallest absolute Gasteiger partial charge is 0.350 e. The van der Waals surface area contributed by atoms with Crippen LogP contribution < -0.4 is 10.1 Å². The zero-order valence-corrected chi connectivity index (χ0v) is 18.3. The second kappa shape index (κ2) is 8.77. The lowest BCUT2D eigenvalue weighted by Gasteiger charge is -2.12. The van der Waals surface area contributed by atoms with Gasteiger partial charge in [-0.1, -0.05) is 35.6 Å². The third kappa shape index (κ3) is 3.98. The van der Waals surface area contributed by atoms with Gasteiger partial charge in [-0.3, -0.25) is 4.40 Å². The Bertz CT molecular complexity index is 1230. The van der Waals surface area contributed by atoms with Gasteiger partial charge in [0.25, 0.3) is 0 Å². The fourth-order valence-electron chi connectivity index (χ4n) is 3.41. The molecule has 6 nitrogen and oxygen atoms in total. The minimum atomic E-state index is -0.362. The first kappa shape index (κ1) is 20.9. The first-order chi connectivity index (χ1) is 15.0. The summed E-state index contributed by atoms with van der Waals surface area (Å²) >= 11 is 1.29. The van der Waals surface area contributed by atoms with Crippen molar-refractivity contribution in [1.29, 1.82) is 0 Å². The van der Waals surface area contributed by atoms with Crippen LogP contribution >= 0.6 is 11.3 Å². The molecule has 0 unspecified atom stereocenters. The summed E-state index contributed by atoms with van der Waals surface area (Å²) in [6.07, 6.45) is 0. The lowest BCUT2D eigenvalue weighted by Crippen LogP contribution is -2.07. The topological polar surface area (TPSA) is 64.9 Å². The highest BCUT2D eigenvalue weighted by molar-refractivity contribution is 7.19. The van der Waals surface area contributed by atoms with Crippen LogP contribution in [0.2, 0.25) is 0 Å². The van der Waals surface area contributed by atoms with E-state index in [0.717, 1.165) is 22.6 Å². The molecule has 0 atom stereocenters. The molecule has 0 saturated heterocycles. The van der Waals surface area contributed by atoms with Crippen molar-refractivity contribution >= 4 is 28.1 Å². The number of imidazole rings is 1. The van der Waals surface area contributed by atoms with E-state index >= 15 is 0 Å². The highest BCUT2D eigenvalue weighted by Gasteiger charge is 2.24. The largest absolute Gasteiger partial charge is 0.496 e.